The van der Waals surface area contributed by atoms with Gasteiger partial charge < -0.3 is 10.4 Å². The van der Waals surface area contributed by atoms with Crippen molar-refractivity contribution in [2.24, 2.45) is 0 Å². The minimum absolute atomic E-state index is 0.0959. The largest absolute Gasteiger partial charge is 0.508 e. The summed E-state index contributed by atoms with van der Waals surface area (Å²) in [5.74, 6) is 2.14. The molecule has 2 amide bonds. The molecular weight excluding hydrogens is 712 g/mol. The number of fused-ring (bicyclic) bond motifs is 1. The highest BCUT2D eigenvalue weighted by Crippen LogP contribution is 2.34. The molecule has 3 aromatic carbocycles. The van der Waals surface area contributed by atoms with Crippen molar-refractivity contribution >= 4 is 52.6 Å². The molecule has 0 saturated carbocycles. The summed E-state index contributed by atoms with van der Waals surface area (Å²) in [6, 6.07) is 26.7. The van der Waals surface area contributed by atoms with Gasteiger partial charge in [-0.2, -0.15) is 16.9 Å². The lowest BCUT2D eigenvalue weighted by molar-refractivity contribution is 0.251. The van der Waals surface area contributed by atoms with E-state index in [2.05, 4.69) is 64.0 Å². The van der Waals surface area contributed by atoms with Crippen LogP contribution >= 0.6 is 35.1 Å². The predicted octanol–water partition coefficient (Wildman–Crippen LogP) is 8.65. The highest BCUT2D eigenvalue weighted by Gasteiger charge is 2.26. The molecule has 0 spiro atoms. The summed E-state index contributed by atoms with van der Waals surface area (Å²) in [5.41, 5.74) is 5.08. The molecule has 3 aromatic heterocycles. The second-order valence-electron chi connectivity index (χ2n) is 13.6. The van der Waals surface area contributed by atoms with Gasteiger partial charge in [0.2, 0.25) is 0 Å². The summed E-state index contributed by atoms with van der Waals surface area (Å²) < 4.78 is 3.71. The van der Waals surface area contributed by atoms with Crippen LogP contribution in [0.2, 0.25) is 5.02 Å². The number of phenols is 1. The Hall–Kier alpha value is -4.49. The topological polar surface area (TPSA) is 113 Å². The van der Waals surface area contributed by atoms with Gasteiger partial charge in [0.15, 0.2) is 11.5 Å². The second kappa shape index (κ2) is 15.6. The van der Waals surface area contributed by atoms with E-state index >= 15 is 0 Å². The number of phenolic OH excluding ortho intramolecular Hbond substituents is 1. The van der Waals surface area contributed by atoms with Gasteiger partial charge in [-0.1, -0.05) is 67.5 Å². The van der Waals surface area contributed by atoms with Crippen molar-refractivity contribution in [3.8, 4) is 22.8 Å². The Morgan fingerprint density at radius 1 is 0.981 bits per heavy atom. The molecule has 6 aromatic rings. The molecule has 1 saturated heterocycles. The highest BCUT2D eigenvalue weighted by atomic mass is 35.5. The molecule has 52 heavy (non-hydrogen) atoms. The van der Waals surface area contributed by atoms with E-state index in [4.69, 9.17) is 16.7 Å². The molecule has 0 bridgehead atoms. The maximum atomic E-state index is 13.5. The van der Waals surface area contributed by atoms with E-state index in [-0.39, 0.29) is 17.2 Å². The van der Waals surface area contributed by atoms with Crippen LogP contribution in [0.3, 0.4) is 0 Å². The van der Waals surface area contributed by atoms with Crippen molar-refractivity contribution in [3.05, 3.63) is 113 Å². The summed E-state index contributed by atoms with van der Waals surface area (Å²) in [6.45, 7) is 7.84. The van der Waals surface area contributed by atoms with Gasteiger partial charge in [0.25, 0.3) is 0 Å². The number of likely N-dealkylation sites (tertiary alicyclic amines) is 1. The zero-order chi connectivity index (χ0) is 36.2. The molecule has 7 rings (SSSR count). The number of benzene rings is 3. The summed E-state index contributed by atoms with van der Waals surface area (Å²) in [7, 11) is 0. The average Bonchev–Trinajstić information content (AvgIpc) is 3.90. The third kappa shape index (κ3) is 8.10. The van der Waals surface area contributed by atoms with Crippen molar-refractivity contribution in [2.45, 2.75) is 55.0 Å². The quantitative estimate of drug-likeness (QED) is 0.114. The van der Waals surface area contributed by atoms with Crippen LogP contribution in [0.15, 0.2) is 101 Å². The van der Waals surface area contributed by atoms with E-state index in [0.29, 0.717) is 34.4 Å². The van der Waals surface area contributed by atoms with Gasteiger partial charge in [-0.15, -0.1) is 10.2 Å². The zero-order valence-electron chi connectivity index (χ0n) is 29.3. The van der Waals surface area contributed by atoms with Gasteiger partial charge in [0.05, 0.1) is 16.4 Å². The molecule has 0 aliphatic carbocycles. The number of pyridine rings is 1. The Balaban J connectivity index is 1.09. The lowest BCUT2D eigenvalue weighted by Gasteiger charge is -2.20. The molecule has 1 aliphatic rings. The van der Waals surface area contributed by atoms with Crippen LogP contribution in [-0.4, -0.2) is 65.5 Å². The van der Waals surface area contributed by atoms with Gasteiger partial charge >= 0.3 is 6.03 Å². The Morgan fingerprint density at radius 2 is 1.81 bits per heavy atom. The zero-order valence-corrected chi connectivity index (χ0v) is 31.7. The SMILES string of the molecule is CSCC(C)(C)c1cc(NC(=O)NCc2ccccc2Sc2ccc3nnc(-c4cc(O)ccc4Cl)n3c2)n(-c2cccc(CN3CCCC3)c2)n1. The fourth-order valence-corrected chi connectivity index (χ4v) is 8.47. The first kappa shape index (κ1) is 35.9. The molecule has 1 fully saturated rings. The fraction of sp³-hybridized carbons (Fsp3) is 0.282. The number of hydrogen-bond acceptors (Lipinski definition) is 8. The van der Waals surface area contributed by atoms with Crippen LogP contribution in [0.4, 0.5) is 10.6 Å². The van der Waals surface area contributed by atoms with Crippen LogP contribution in [0, 0.1) is 0 Å². The molecule has 10 nitrogen and oxygen atoms in total. The van der Waals surface area contributed by atoms with E-state index in [0.717, 1.165) is 52.1 Å². The standard InChI is InChI=1S/C39H41ClN8O2S2/c1-39(2,25-51-3)34-21-36(48(45-34)28-11-8-9-26(19-28)23-46-17-6-7-18-46)42-38(50)41-22-27-10-4-5-12-33(27)52-30-14-16-35-43-44-37(47(35)24-30)31-20-29(49)13-15-32(31)40/h4-5,8-16,19-21,24,49H,6-7,17-18,22-23,25H2,1-3H3,(H2,41,42,50). The molecule has 0 radical (unpaired) electrons. The molecule has 4 heterocycles. The number of carbonyl (C=O) groups excluding carboxylic acids is 1. The molecule has 1 aliphatic heterocycles. The number of thioether (sulfide) groups is 1. The Labute approximate surface area is 317 Å². The minimum Gasteiger partial charge on any atom is -0.508 e. The van der Waals surface area contributed by atoms with Crippen molar-refractivity contribution in [3.63, 3.8) is 0 Å². The third-order valence-corrected chi connectivity index (χ3v) is 11.6. The van der Waals surface area contributed by atoms with Gasteiger partial charge in [-0.3, -0.25) is 14.6 Å². The van der Waals surface area contributed by atoms with Crippen molar-refractivity contribution in [1.29, 1.82) is 0 Å². The number of nitrogens with zero attached hydrogens (tertiary/aromatic N) is 6. The van der Waals surface area contributed by atoms with Crippen molar-refractivity contribution in [1.82, 2.24) is 34.6 Å². The summed E-state index contributed by atoms with van der Waals surface area (Å²) in [5, 5.41) is 30.4. The van der Waals surface area contributed by atoms with E-state index in [1.54, 1.807) is 35.7 Å². The van der Waals surface area contributed by atoms with Crippen LogP contribution in [0.5, 0.6) is 5.75 Å². The van der Waals surface area contributed by atoms with Crippen molar-refractivity contribution < 1.29 is 9.90 Å². The van der Waals surface area contributed by atoms with E-state index < -0.39 is 0 Å². The minimum atomic E-state index is -0.318. The fourth-order valence-electron chi connectivity index (χ4n) is 6.43. The predicted molar refractivity (Wildman–Crippen MR) is 211 cm³/mol. The normalized spacial score (nSPS) is 13.5. The van der Waals surface area contributed by atoms with E-state index in [9.17, 15) is 9.90 Å². The van der Waals surface area contributed by atoms with Crippen LogP contribution < -0.4 is 10.6 Å². The number of anilines is 1. The molecule has 0 atom stereocenters. The summed E-state index contributed by atoms with van der Waals surface area (Å²) >= 11 is 9.80. The lowest BCUT2D eigenvalue weighted by Crippen LogP contribution is -2.29. The number of aromatic nitrogens is 5. The van der Waals surface area contributed by atoms with Gasteiger partial charge in [-0.25, -0.2) is 9.48 Å². The number of aromatic hydroxyl groups is 1. The monoisotopic (exact) mass is 752 g/mol. The van der Waals surface area contributed by atoms with Crippen molar-refractivity contribution in [2.75, 3.05) is 30.4 Å². The van der Waals surface area contributed by atoms with Crippen LogP contribution in [0.1, 0.15) is 43.5 Å². The number of halogens is 1. The van der Waals surface area contributed by atoms with Gasteiger partial charge in [-0.05, 0) is 91.8 Å². The number of amides is 2. The number of urea groups is 1. The summed E-state index contributed by atoms with van der Waals surface area (Å²) in [6.07, 6.45) is 6.54. The number of carbonyl (C=O) groups is 1. The van der Waals surface area contributed by atoms with Gasteiger partial charge in [0.1, 0.15) is 11.6 Å². The number of rotatable bonds is 12. The summed E-state index contributed by atoms with van der Waals surface area (Å²) in [4.78, 5) is 18.0. The maximum absolute atomic E-state index is 13.5. The number of nitrogens with one attached hydrogen (secondary N) is 2. The lowest BCUT2D eigenvalue weighted by atomic mass is 9.92. The Bertz CT molecular complexity index is 2210. The molecule has 3 N–H and O–H groups in total. The maximum Gasteiger partial charge on any atom is 0.320 e. The van der Waals surface area contributed by atoms with Crippen LogP contribution in [-0.2, 0) is 18.5 Å². The molecule has 0 unspecified atom stereocenters. The highest BCUT2D eigenvalue weighted by molar-refractivity contribution is 7.99. The van der Waals surface area contributed by atoms with Crippen LogP contribution in [0.25, 0.3) is 22.7 Å². The molecule has 268 valence electrons. The van der Waals surface area contributed by atoms with E-state index in [1.165, 1.54) is 24.5 Å². The second-order valence-corrected chi connectivity index (χ2v) is 16.0. The smallest absolute Gasteiger partial charge is 0.320 e. The van der Waals surface area contributed by atoms with E-state index in [1.807, 2.05) is 63.8 Å². The first-order chi connectivity index (χ1) is 25.2. The Morgan fingerprint density at radius 3 is 2.63 bits per heavy atom. The number of hydrogen-bond donors (Lipinski definition) is 3. The Kier molecular flexibility index (Phi) is 10.8. The van der Waals surface area contributed by atoms with Gasteiger partial charge in [0, 0.05) is 51.9 Å². The first-order valence-corrected chi connectivity index (χ1v) is 19.8. The average molecular weight is 753 g/mol. The first-order valence-electron chi connectivity index (χ1n) is 17.2. The molecule has 13 heteroatoms. The third-order valence-electron chi connectivity index (χ3n) is 9.12. The molecular formula is C39H41ClN8O2S2.